The highest BCUT2D eigenvalue weighted by atomic mass is 16.5. The first-order valence-corrected chi connectivity index (χ1v) is 5.82. The zero-order valence-corrected chi connectivity index (χ0v) is 8.98. The van der Waals surface area contributed by atoms with Crippen molar-refractivity contribution in [2.24, 2.45) is 0 Å². The summed E-state index contributed by atoms with van der Waals surface area (Å²) in [5.41, 5.74) is 0. The van der Waals surface area contributed by atoms with Crippen molar-refractivity contribution in [1.29, 1.82) is 0 Å². The molecule has 0 aromatic rings. The van der Waals surface area contributed by atoms with Gasteiger partial charge in [-0.2, -0.15) is 0 Å². The van der Waals surface area contributed by atoms with Gasteiger partial charge in [-0.05, 0) is 25.7 Å². The molecule has 2 aliphatic rings. The molecule has 14 heavy (non-hydrogen) atoms. The maximum absolute atomic E-state index is 9.66. The van der Waals surface area contributed by atoms with Gasteiger partial charge < -0.3 is 9.84 Å². The van der Waals surface area contributed by atoms with Gasteiger partial charge in [0.25, 0.3) is 0 Å². The molecule has 0 spiro atoms. The largest absolute Gasteiger partial charge is 0.392 e. The highest BCUT2D eigenvalue weighted by Crippen LogP contribution is 2.27. The zero-order chi connectivity index (χ0) is 9.97. The topological polar surface area (TPSA) is 32.7 Å². The monoisotopic (exact) mass is 199 g/mol. The van der Waals surface area contributed by atoms with E-state index in [1.165, 1.54) is 0 Å². The van der Waals surface area contributed by atoms with Gasteiger partial charge in [-0.3, -0.25) is 4.90 Å². The van der Waals surface area contributed by atoms with E-state index in [-0.39, 0.29) is 6.10 Å². The zero-order valence-electron chi connectivity index (χ0n) is 8.98. The van der Waals surface area contributed by atoms with Crippen LogP contribution in [0.15, 0.2) is 0 Å². The van der Waals surface area contributed by atoms with Gasteiger partial charge in [0, 0.05) is 31.8 Å². The van der Waals surface area contributed by atoms with Crippen molar-refractivity contribution in [3.8, 4) is 0 Å². The molecule has 0 radical (unpaired) electrons. The van der Waals surface area contributed by atoms with E-state index in [0.29, 0.717) is 12.1 Å². The van der Waals surface area contributed by atoms with Crippen LogP contribution in [0.4, 0.5) is 0 Å². The summed E-state index contributed by atoms with van der Waals surface area (Å²) in [7, 11) is 0. The highest BCUT2D eigenvalue weighted by Gasteiger charge is 2.34. The number of hydrogen-bond donors (Lipinski definition) is 1. The normalized spacial score (nSPS) is 36.4. The molecule has 0 amide bonds. The first-order chi connectivity index (χ1) is 6.81. The summed E-state index contributed by atoms with van der Waals surface area (Å²) in [6.07, 6.45) is 4.32. The van der Waals surface area contributed by atoms with E-state index in [9.17, 15) is 5.11 Å². The lowest BCUT2D eigenvalue weighted by Gasteiger charge is -2.34. The Morgan fingerprint density at radius 3 is 2.71 bits per heavy atom. The van der Waals surface area contributed by atoms with Crippen LogP contribution in [0.2, 0.25) is 0 Å². The Balaban J connectivity index is 1.94. The van der Waals surface area contributed by atoms with Crippen molar-refractivity contribution in [2.75, 3.05) is 19.8 Å². The molecule has 1 N–H and O–H groups in total. The third-order valence-electron chi connectivity index (χ3n) is 3.57. The fourth-order valence-corrected chi connectivity index (χ4v) is 2.78. The first-order valence-electron chi connectivity index (χ1n) is 5.82. The molecule has 2 rings (SSSR count). The number of β-amino-alcohol motifs (C(OH)–C–C–N with tert-alkyl or cyclic N) is 1. The van der Waals surface area contributed by atoms with Crippen LogP contribution in [0.3, 0.4) is 0 Å². The highest BCUT2D eigenvalue weighted by molar-refractivity contribution is 4.89. The summed E-state index contributed by atoms with van der Waals surface area (Å²) in [6.45, 7) is 4.89. The molecule has 0 aliphatic carbocycles. The number of aliphatic hydroxyl groups is 1. The number of likely N-dealkylation sites (tertiary alicyclic amines) is 1. The summed E-state index contributed by atoms with van der Waals surface area (Å²) in [4.78, 5) is 2.51. The van der Waals surface area contributed by atoms with Gasteiger partial charge in [0.05, 0.1) is 6.10 Å². The Morgan fingerprint density at radius 2 is 2.07 bits per heavy atom. The van der Waals surface area contributed by atoms with Crippen LogP contribution in [0.25, 0.3) is 0 Å². The van der Waals surface area contributed by atoms with Crippen molar-refractivity contribution in [1.82, 2.24) is 4.90 Å². The van der Waals surface area contributed by atoms with E-state index < -0.39 is 0 Å². The van der Waals surface area contributed by atoms with Crippen molar-refractivity contribution in [3.63, 3.8) is 0 Å². The van der Waals surface area contributed by atoms with Crippen molar-refractivity contribution in [3.05, 3.63) is 0 Å². The van der Waals surface area contributed by atoms with Gasteiger partial charge in [-0.25, -0.2) is 0 Å². The molecule has 2 saturated heterocycles. The van der Waals surface area contributed by atoms with Crippen LogP contribution in [0, 0.1) is 0 Å². The third-order valence-corrected chi connectivity index (χ3v) is 3.57. The molecule has 0 aromatic heterocycles. The van der Waals surface area contributed by atoms with Gasteiger partial charge in [0.2, 0.25) is 0 Å². The molecule has 2 aliphatic heterocycles. The SMILES string of the molecule is CCC1CC(O)CN1C1CCOCC1. The van der Waals surface area contributed by atoms with E-state index in [1.807, 2.05) is 0 Å². The van der Waals surface area contributed by atoms with E-state index in [4.69, 9.17) is 4.74 Å². The van der Waals surface area contributed by atoms with Crippen molar-refractivity contribution < 1.29 is 9.84 Å². The average molecular weight is 199 g/mol. The minimum absolute atomic E-state index is 0.0946. The Bertz CT molecular complexity index is 180. The van der Waals surface area contributed by atoms with Crippen LogP contribution in [0.1, 0.15) is 32.6 Å². The van der Waals surface area contributed by atoms with Gasteiger partial charge in [-0.1, -0.05) is 6.92 Å². The quantitative estimate of drug-likeness (QED) is 0.720. The summed E-state index contributed by atoms with van der Waals surface area (Å²) in [6, 6.07) is 1.26. The Kier molecular flexibility index (Phi) is 3.42. The van der Waals surface area contributed by atoms with Gasteiger partial charge >= 0.3 is 0 Å². The minimum Gasteiger partial charge on any atom is -0.392 e. The summed E-state index contributed by atoms with van der Waals surface area (Å²) in [5, 5.41) is 9.66. The van der Waals surface area contributed by atoms with E-state index in [2.05, 4.69) is 11.8 Å². The van der Waals surface area contributed by atoms with E-state index in [0.717, 1.165) is 45.4 Å². The van der Waals surface area contributed by atoms with Crippen LogP contribution in [-0.2, 0) is 4.74 Å². The third kappa shape index (κ3) is 2.10. The molecule has 82 valence electrons. The summed E-state index contributed by atoms with van der Waals surface area (Å²) in [5.74, 6) is 0. The number of ether oxygens (including phenoxy) is 1. The van der Waals surface area contributed by atoms with Crippen molar-refractivity contribution >= 4 is 0 Å². The molecule has 2 fully saturated rings. The average Bonchev–Trinajstić information content (AvgIpc) is 2.61. The fraction of sp³-hybridized carbons (Fsp3) is 1.00. The fourth-order valence-electron chi connectivity index (χ4n) is 2.78. The van der Waals surface area contributed by atoms with Gasteiger partial charge in [-0.15, -0.1) is 0 Å². The molecule has 3 heteroatoms. The second kappa shape index (κ2) is 4.60. The molecule has 2 unspecified atom stereocenters. The lowest BCUT2D eigenvalue weighted by atomic mass is 10.0. The lowest BCUT2D eigenvalue weighted by molar-refractivity contribution is 0.0256. The maximum atomic E-state index is 9.66. The lowest BCUT2D eigenvalue weighted by Crippen LogP contribution is -2.42. The predicted octanol–water partition coefficient (Wildman–Crippen LogP) is 1.01. The Morgan fingerprint density at radius 1 is 1.36 bits per heavy atom. The van der Waals surface area contributed by atoms with Gasteiger partial charge in [0.15, 0.2) is 0 Å². The molecule has 2 atom stereocenters. The number of aliphatic hydroxyl groups excluding tert-OH is 1. The van der Waals surface area contributed by atoms with Crippen LogP contribution < -0.4 is 0 Å². The number of rotatable bonds is 2. The van der Waals surface area contributed by atoms with E-state index in [1.54, 1.807) is 0 Å². The van der Waals surface area contributed by atoms with E-state index >= 15 is 0 Å². The molecule has 2 heterocycles. The van der Waals surface area contributed by atoms with Crippen LogP contribution >= 0.6 is 0 Å². The smallest absolute Gasteiger partial charge is 0.0682 e. The Hall–Kier alpha value is -0.120. The molecule has 0 saturated carbocycles. The molecular weight excluding hydrogens is 178 g/mol. The molecule has 3 nitrogen and oxygen atoms in total. The second-order valence-corrected chi connectivity index (χ2v) is 4.49. The summed E-state index contributed by atoms with van der Waals surface area (Å²) < 4.78 is 5.37. The molecular formula is C11H21NO2. The predicted molar refractivity (Wildman–Crippen MR) is 55.2 cm³/mol. The second-order valence-electron chi connectivity index (χ2n) is 4.49. The van der Waals surface area contributed by atoms with Crippen LogP contribution in [0.5, 0.6) is 0 Å². The Labute approximate surface area is 86.0 Å². The first kappa shape index (κ1) is 10.4. The van der Waals surface area contributed by atoms with Gasteiger partial charge in [0.1, 0.15) is 0 Å². The summed E-state index contributed by atoms with van der Waals surface area (Å²) >= 11 is 0. The minimum atomic E-state index is -0.0946. The van der Waals surface area contributed by atoms with Crippen LogP contribution in [-0.4, -0.2) is 48.0 Å². The number of hydrogen-bond acceptors (Lipinski definition) is 3. The maximum Gasteiger partial charge on any atom is 0.0682 e. The number of nitrogens with zero attached hydrogens (tertiary/aromatic N) is 1. The standard InChI is InChI=1S/C11H21NO2/c1-2-9-7-11(13)8-12(9)10-3-5-14-6-4-10/h9-11,13H,2-8H2,1H3. The molecule has 0 aromatic carbocycles. The van der Waals surface area contributed by atoms with Crippen molar-refractivity contribution in [2.45, 2.75) is 50.8 Å². The molecule has 0 bridgehead atoms.